The van der Waals surface area contributed by atoms with Crippen molar-refractivity contribution in [3.05, 3.63) is 35.4 Å². The van der Waals surface area contributed by atoms with Crippen molar-refractivity contribution < 1.29 is 9.90 Å². The summed E-state index contributed by atoms with van der Waals surface area (Å²) in [6.07, 6.45) is 1.64. The third-order valence-corrected chi connectivity index (χ3v) is 4.42. The third kappa shape index (κ3) is 3.06. The second-order valence-electron chi connectivity index (χ2n) is 4.62. The van der Waals surface area contributed by atoms with E-state index in [1.165, 1.54) is 5.56 Å². The molecule has 2 N–H and O–H groups in total. The quantitative estimate of drug-likeness (QED) is 0.874. The van der Waals surface area contributed by atoms with E-state index in [1.54, 1.807) is 11.8 Å². The lowest BCUT2D eigenvalue weighted by Gasteiger charge is -2.25. The Kier molecular flexibility index (Phi) is 4.66. The molecule has 3 nitrogen and oxygen atoms in total. The van der Waals surface area contributed by atoms with Gasteiger partial charge in [-0.15, -0.1) is 11.8 Å². The summed E-state index contributed by atoms with van der Waals surface area (Å²) in [6.45, 7) is 2.03. The van der Waals surface area contributed by atoms with Crippen LogP contribution in [0.1, 0.15) is 29.7 Å². The second-order valence-corrected chi connectivity index (χ2v) is 5.83. The van der Waals surface area contributed by atoms with Crippen LogP contribution in [0, 0.1) is 0 Å². The molecule has 1 heterocycles. The van der Waals surface area contributed by atoms with Crippen LogP contribution in [0.15, 0.2) is 24.3 Å². The van der Waals surface area contributed by atoms with E-state index in [1.807, 2.05) is 25.1 Å². The van der Waals surface area contributed by atoms with Crippen LogP contribution in [0.4, 0.5) is 0 Å². The summed E-state index contributed by atoms with van der Waals surface area (Å²) >= 11 is 1.70. The Bertz CT molecular complexity index is 422. The predicted octanol–water partition coefficient (Wildman–Crippen LogP) is 1.90. The van der Waals surface area contributed by atoms with Gasteiger partial charge < -0.3 is 10.4 Å². The molecule has 0 fully saturated rings. The van der Waals surface area contributed by atoms with E-state index < -0.39 is 0 Å². The first-order valence-electron chi connectivity index (χ1n) is 6.33. The first kappa shape index (κ1) is 13.4. The zero-order chi connectivity index (χ0) is 13.0. The number of carbonyl (C=O) groups is 1. The van der Waals surface area contributed by atoms with Crippen molar-refractivity contribution >= 4 is 17.7 Å². The molecule has 0 aromatic heterocycles. The average Bonchev–Trinajstić information content (AvgIpc) is 2.38. The molecular weight excluding hydrogens is 246 g/mol. The molecule has 1 aromatic carbocycles. The number of benzene rings is 1. The number of nitrogens with one attached hydrogen (secondary N) is 1. The summed E-state index contributed by atoms with van der Waals surface area (Å²) < 4.78 is 0. The van der Waals surface area contributed by atoms with E-state index in [9.17, 15) is 4.79 Å². The monoisotopic (exact) mass is 265 g/mol. The first-order chi connectivity index (χ1) is 8.72. The topological polar surface area (TPSA) is 49.3 Å². The summed E-state index contributed by atoms with van der Waals surface area (Å²) in [6, 6.07) is 8.19. The lowest BCUT2D eigenvalue weighted by molar-refractivity contribution is -0.121. The van der Waals surface area contributed by atoms with Crippen LogP contribution >= 0.6 is 11.8 Å². The fourth-order valence-electron chi connectivity index (χ4n) is 2.20. The summed E-state index contributed by atoms with van der Waals surface area (Å²) in [5.41, 5.74) is 2.42. The number of aliphatic hydroxyl groups is 1. The van der Waals surface area contributed by atoms with Gasteiger partial charge in [0.25, 0.3) is 0 Å². The molecule has 0 radical (unpaired) electrons. The highest BCUT2D eigenvalue weighted by Gasteiger charge is 2.27. The van der Waals surface area contributed by atoms with Gasteiger partial charge in [0.1, 0.15) is 5.25 Å². The van der Waals surface area contributed by atoms with E-state index in [-0.39, 0.29) is 23.8 Å². The Morgan fingerprint density at radius 3 is 3.11 bits per heavy atom. The van der Waals surface area contributed by atoms with Crippen LogP contribution in [-0.2, 0) is 11.2 Å². The SMILES string of the molecule is CC(CCO)NC(=O)C1SCCc2ccccc21. The lowest BCUT2D eigenvalue weighted by Crippen LogP contribution is -2.37. The largest absolute Gasteiger partial charge is 0.396 e. The molecule has 2 unspecified atom stereocenters. The number of carbonyl (C=O) groups excluding carboxylic acids is 1. The highest BCUT2D eigenvalue weighted by Crippen LogP contribution is 2.36. The van der Waals surface area contributed by atoms with Gasteiger partial charge in [-0.1, -0.05) is 24.3 Å². The van der Waals surface area contributed by atoms with Gasteiger partial charge in [-0.05, 0) is 36.6 Å². The molecule has 18 heavy (non-hydrogen) atoms. The molecule has 1 amide bonds. The minimum Gasteiger partial charge on any atom is -0.396 e. The number of rotatable bonds is 4. The number of amides is 1. The molecule has 0 aliphatic carbocycles. The van der Waals surface area contributed by atoms with E-state index >= 15 is 0 Å². The number of hydrogen-bond donors (Lipinski definition) is 2. The van der Waals surface area contributed by atoms with Gasteiger partial charge in [-0.25, -0.2) is 0 Å². The Labute approximate surface area is 112 Å². The Hall–Kier alpha value is -1.00. The number of fused-ring (bicyclic) bond motifs is 1. The fraction of sp³-hybridized carbons (Fsp3) is 0.500. The average molecular weight is 265 g/mol. The van der Waals surface area contributed by atoms with Crippen molar-refractivity contribution in [2.45, 2.75) is 31.1 Å². The molecule has 0 saturated carbocycles. The zero-order valence-corrected chi connectivity index (χ0v) is 11.4. The molecule has 2 atom stereocenters. The zero-order valence-electron chi connectivity index (χ0n) is 10.6. The Morgan fingerprint density at radius 2 is 2.33 bits per heavy atom. The van der Waals surface area contributed by atoms with E-state index in [2.05, 4.69) is 11.4 Å². The lowest BCUT2D eigenvalue weighted by atomic mass is 10.0. The van der Waals surface area contributed by atoms with Crippen molar-refractivity contribution in [2.75, 3.05) is 12.4 Å². The summed E-state index contributed by atoms with van der Waals surface area (Å²) in [4.78, 5) is 12.2. The van der Waals surface area contributed by atoms with Crippen LogP contribution in [0.5, 0.6) is 0 Å². The van der Waals surface area contributed by atoms with E-state index in [4.69, 9.17) is 5.11 Å². The minimum absolute atomic E-state index is 0.0252. The number of aliphatic hydroxyl groups excluding tert-OH is 1. The summed E-state index contributed by atoms with van der Waals surface area (Å²) in [5, 5.41) is 11.7. The fourth-order valence-corrected chi connectivity index (χ4v) is 3.40. The highest BCUT2D eigenvalue weighted by molar-refractivity contribution is 8.00. The molecule has 0 saturated heterocycles. The van der Waals surface area contributed by atoms with E-state index in [0.29, 0.717) is 6.42 Å². The summed E-state index contributed by atoms with van der Waals surface area (Å²) in [5.74, 6) is 1.05. The molecule has 1 aliphatic heterocycles. The van der Waals surface area contributed by atoms with Crippen LogP contribution in [0.25, 0.3) is 0 Å². The van der Waals surface area contributed by atoms with Gasteiger partial charge in [0.2, 0.25) is 5.91 Å². The Morgan fingerprint density at radius 1 is 1.56 bits per heavy atom. The van der Waals surface area contributed by atoms with Crippen molar-refractivity contribution in [1.29, 1.82) is 0 Å². The normalized spacial score (nSPS) is 20.0. The van der Waals surface area contributed by atoms with Crippen LogP contribution in [0.3, 0.4) is 0 Å². The van der Waals surface area contributed by atoms with Gasteiger partial charge in [-0.3, -0.25) is 4.79 Å². The molecule has 0 bridgehead atoms. The smallest absolute Gasteiger partial charge is 0.237 e. The van der Waals surface area contributed by atoms with Crippen LogP contribution < -0.4 is 5.32 Å². The molecule has 98 valence electrons. The Balaban J connectivity index is 2.08. The highest BCUT2D eigenvalue weighted by atomic mass is 32.2. The van der Waals surface area contributed by atoms with Crippen molar-refractivity contribution in [3.8, 4) is 0 Å². The third-order valence-electron chi connectivity index (χ3n) is 3.18. The standard InChI is InChI=1S/C14H19NO2S/c1-10(6-8-16)15-14(17)13-12-5-3-2-4-11(12)7-9-18-13/h2-5,10,13,16H,6-9H2,1H3,(H,15,17). The molecule has 4 heteroatoms. The van der Waals surface area contributed by atoms with Crippen molar-refractivity contribution in [3.63, 3.8) is 0 Å². The number of aryl methyl sites for hydroxylation is 1. The van der Waals surface area contributed by atoms with Gasteiger partial charge in [0, 0.05) is 12.6 Å². The molecular formula is C14H19NO2S. The van der Waals surface area contributed by atoms with Gasteiger partial charge >= 0.3 is 0 Å². The number of thioether (sulfide) groups is 1. The minimum atomic E-state index is -0.101. The van der Waals surface area contributed by atoms with Crippen molar-refractivity contribution in [2.24, 2.45) is 0 Å². The maximum absolute atomic E-state index is 12.2. The molecule has 1 aliphatic rings. The van der Waals surface area contributed by atoms with Gasteiger partial charge in [0.05, 0.1) is 0 Å². The maximum Gasteiger partial charge on any atom is 0.237 e. The van der Waals surface area contributed by atoms with Gasteiger partial charge in [-0.2, -0.15) is 0 Å². The number of hydrogen-bond acceptors (Lipinski definition) is 3. The summed E-state index contributed by atoms with van der Waals surface area (Å²) in [7, 11) is 0. The molecule has 2 rings (SSSR count). The van der Waals surface area contributed by atoms with Crippen LogP contribution in [0.2, 0.25) is 0 Å². The predicted molar refractivity (Wildman–Crippen MR) is 74.7 cm³/mol. The van der Waals surface area contributed by atoms with Crippen molar-refractivity contribution in [1.82, 2.24) is 5.32 Å². The molecule has 0 spiro atoms. The van der Waals surface area contributed by atoms with Crippen LogP contribution in [-0.4, -0.2) is 29.4 Å². The first-order valence-corrected chi connectivity index (χ1v) is 7.38. The second kappa shape index (κ2) is 6.25. The van der Waals surface area contributed by atoms with E-state index in [0.717, 1.165) is 17.7 Å². The van der Waals surface area contributed by atoms with Gasteiger partial charge in [0.15, 0.2) is 0 Å². The maximum atomic E-state index is 12.2. The molecule has 1 aromatic rings.